The average molecular weight is 209 g/mol. The van der Waals surface area contributed by atoms with Crippen molar-refractivity contribution in [2.45, 2.75) is 6.54 Å². The van der Waals surface area contributed by atoms with E-state index in [1.165, 1.54) is 5.56 Å². The minimum atomic E-state index is 0.552. The van der Waals surface area contributed by atoms with Crippen LogP contribution in [0.3, 0.4) is 0 Å². The molecule has 2 N–H and O–H groups in total. The SMILES string of the molecule is C=CCN=C(N)N(C)Cc1ccsc1. The molecule has 0 saturated heterocycles. The second-order valence-electron chi connectivity index (χ2n) is 2.98. The molecule has 1 heterocycles. The largest absolute Gasteiger partial charge is 0.370 e. The Bertz CT molecular complexity index is 303. The summed E-state index contributed by atoms with van der Waals surface area (Å²) in [4.78, 5) is 6.05. The predicted octanol–water partition coefficient (Wildman–Crippen LogP) is 1.68. The van der Waals surface area contributed by atoms with E-state index in [0.717, 1.165) is 6.54 Å². The third kappa shape index (κ3) is 3.22. The van der Waals surface area contributed by atoms with Crippen LogP contribution < -0.4 is 5.73 Å². The van der Waals surface area contributed by atoms with E-state index in [9.17, 15) is 0 Å². The Hall–Kier alpha value is -1.29. The molecule has 1 aromatic rings. The first-order valence-electron chi connectivity index (χ1n) is 4.37. The maximum atomic E-state index is 5.75. The Balaban J connectivity index is 2.49. The molecular weight excluding hydrogens is 194 g/mol. The van der Waals surface area contributed by atoms with Crippen LogP contribution in [0.1, 0.15) is 5.56 Å². The molecule has 3 nitrogen and oxygen atoms in total. The van der Waals surface area contributed by atoms with Crippen molar-refractivity contribution in [3.63, 3.8) is 0 Å². The highest BCUT2D eigenvalue weighted by atomic mass is 32.1. The molecule has 0 aliphatic rings. The van der Waals surface area contributed by atoms with Crippen LogP contribution in [-0.2, 0) is 6.54 Å². The summed E-state index contributed by atoms with van der Waals surface area (Å²) in [7, 11) is 1.93. The molecular formula is C10H15N3S. The van der Waals surface area contributed by atoms with Crippen LogP contribution in [0, 0.1) is 0 Å². The lowest BCUT2D eigenvalue weighted by molar-refractivity contribution is 0.494. The Morgan fingerprint density at radius 1 is 1.79 bits per heavy atom. The zero-order valence-electron chi connectivity index (χ0n) is 8.31. The molecule has 0 spiro atoms. The van der Waals surface area contributed by atoms with E-state index in [-0.39, 0.29) is 0 Å². The molecule has 0 amide bonds. The molecule has 4 heteroatoms. The highest BCUT2D eigenvalue weighted by molar-refractivity contribution is 7.07. The smallest absolute Gasteiger partial charge is 0.191 e. The van der Waals surface area contributed by atoms with Gasteiger partial charge in [0.15, 0.2) is 5.96 Å². The van der Waals surface area contributed by atoms with Crippen LogP contribution in [0.15, 0.2) is 34.5 Å². The summed E-state index contributed by atoms with van der Waals surface area (Å²) in [5.41, 5.74) is 7.01. The van der Waals surface area contributed by atoms with E-state index in [2.05, 4.69) is 28.4 Å². The summed E-state index contributed by atoms with van der Waals surface area (Å²) in [6, 6.07) is 2.09. The standard InChI is InChI=1S/C10H15N3S/c1-3-5-12-10(11)13(2)7-9-4-6-14-8-9/h3-4,6,8H,1,5,7H2,2H3,(H2,11,12). The minimum absolute atomic E-state index is 0.552. The molecule has 0 aliphatic heterocycles. The fourth-order valence-electron chi connectivity index (χ4n) is 1.02. The normalized spacial score (nSPS) is 11.4. The molecule has 76 valence electrons. The molecule has 0 fully saturated rings. The van der Waals surface area contributed by atoms with Gasteiger partial charge < -0.3 is 10.6 Å². The zero-order valence-corrected chi connectivity index (χ0v) is 9.13. The molecule has 0 radical (unpaired) electrons. The molecule has 0 aromatic carbocycles. The summed E-state index contributed by atoms with van der Waals surface area (Å²) in [6.45, 7) is 4.96. The monoisotopic (exact) mass is 209 g/mol. The average Bonchev–Trinajstić information content (AvgIpc) is 2.66. The van der Waals surface area contributed by atoms with Crippen molar-refractivity contribution in [2.75, 3.05) is 13.6 Å². The van der Waals surface area contributed by atoms with Gasteiger partial charge in [-0.3, -0.25) is 0 Å². The van der Waals surface area contributed by atoms with Crippen LogP contribution in [0.5, 0.6) is 0 Å². The first-order chi connectivity index (χ1) is 6.74. The highest BCUT2D eigenvalue weighted by Crippen LogP contribution is 2.07. The van der Waals surface area contributed by atoms with E-state index < -0.39 is 0 Å². The predicted molar refractivity (Wildman–Crippen MR) is 62.5 cm³/mol. The lowest BCUT2D eigenvalue weighted by Gasteiger charge is -2.16. The van der Waals surface area contributed by atoms with Crippen LogP contribution in [0.25, 0.3) is 0 Å². The third-order valence-electron chi connectivity index (χ3n) is 1.77. The van der Waals surface area contributed by atoms with Crippen molar-refractivity contribution >= 4 is 17.3 Å². The van der Waals surface area contributed by atoms with Gasteiger partial charge in [-0.25, -0.2) is 4.99 Å². The third-order valence-corrected chi connectivity index (χ3v) is 2.51. The molecule has 14 heavy (non-hydrogen) atoms. The number of hydrogen-bond acceptors (Lipinski definition) is 2. The fraction of sp³-hybridized carbons (Fsp3) is 0.300. The van der Waals surface area contributed by atoms with Gasteiger partial charge in [-0.1, -0.05) is 6.08 Å². The maximum absolute atomic E-state index is 5.75. The second-order valence-corrected chi connectivity index (χ2v) is 3.76. The topological polar surface area (TPSA) is 41.6 Å². The molecule has 1 aromatic heterocycles. The Morgan fingerprint density at radius 3 is 3.14 bits per heavy atom. The lowest BCUT2D eigenvalue weighted by atomic mass is 10.3. The molecule has 0 atom stereocenters. The fourth-order valence-corrected chi connectivity index (χ4v) is 1.68. The number of nitrogens with zero attached hydrogens (tertiary/aromatic N) is 2. The van der Waals surface area contributed by atoms with Gasteiger partial charge in [-0.2, -0.15) is 11.3 Å². The number of nitrogens with two attached hydrogens (primary N) is 1. The molecule has 0 bridgehead atoms. The van der Waals surface area contributed by atoms with Crippen molar-refractivity contribution in [2.24, 2.45) is 10.7 Å². The zero-order chi connectivity index (χ0) is 10.4. The van der Waals surface area contributed by atoms with Gasteiger partial charge in [0.1, 0.15) is 0 Å². The van der Waals surface area contributed by atoms with Gasteiger partial charge in [0, 0.05) is 13.6 Å². The summed E-state index contributed by atoms with van der Waals surface area (Å²) in [5, 5.41) is 4.16. The summed E-state index contributed by atoms with van der Waals surface area (Å²) < 4.78 is 0. The van der Waals surface area contributed by atoms with Crippen molar-refractivity contribution in [3.05, 3.63) is 35.0 Å². The molecule has 0 unspecified atom stereocenters. The van der Waals surface area contributed by atoms with Crippen LogP contribution in [0.4, 0.5) is 0 Å². The second kappa shape index (κ2) is 5.44. The van der Waals surface area contributed by atoms with Crippen molar-refractivity contribution in [3.8, 4) is 0 Å². The highest BCUT2D eigenvalue weighted by Gasteiger charge is 2.02. The van der Waals surface area contributed by atoms with Crippen molar-refractivity contribution in [1.29, 1.82) is 0 Å². The number of thiophene rings is 1. The number of rotatable bonds is 4. The quantitative estimate of drug-likeness (QED) is 0.466. The van der Waals surface area contributed by atoms with Crippen LogP contribution >= 0.6 is 11.3 Å². The Kier molecular flexibility index (Phi) is 4.19. The minimum Gasteiger partial charge on any atom is -0.370 e. The van der Waals surface area contributed by atoms with Gasteiger partial charge in [0.2, 0.25) is 0 Å². The molecule has 0 aliphatic carbocycles. The van der Waals surface area contributed by atoms with Crippen molar-refractivity contribution in [1.82, 2.24) is 4.90 Å². The molecule has 0 saturated carbocycles. The van der Waals surface area contributed by atoms with E-state index in [1.807, 2.05) is 11.9 Å². The first kappa shape index (κ1) is 10.8. The number of guanidine groups is 1. The van der Waals surface area contributed by atoms with Gasteiger partial charge >= 0.3 is 0 Å². The lowest BCUT2D eigenvalue weighted by Crippen LogP contribution is -2.33. The van der Waals surface area contributed by atoms with Gasteiger partial charge in [0.05, 0.1) is 6.54 Å². The number of hydrogen-bond donors (Lipinski definition) is 1. The molecule has 1 rings (SSSR count). The van der Waals surface area contributed by atoms with E-state index >= 15 is 0 Å². The van der Waals surface area contributed by atoms with Gasteiger partial charge in [-0.15, -0.1) is 6.58 Å². The summed E-state index contributed by atoms with van der Waals surface area (Å²) in [5.74, 6) is 0.552. The first-order valence-corrected chi connectivity index (χ1v) is 5.31. The van der Waals surface area contributed by atoms with Gasteiger partial charge in [-0.05, 0) is 22.4 Å². The van der Waals surface area contributed by atoms with E-state index in [4.69, 9.17) is 5.73 Å². The van der Waals surface area contributed by atoms with Crippen molar-refractivity contribution < 1.29 is 0 Å². The summed E-state index contributed by atoms with van der Waals surface area (Å²) >= 11 is 1.69. The van der Waals surface area contributed by atoms with Gasteiger partial charge in [0.25, 0.3) is 0 Å². The van der Waals surface area contributed by atoms with Crippen LogP contribution in [-0.4, -0.2) is 24.5 Å². The van der Waals surface area contributed by atoms with E-state index in [1.54, 1.807) is 17.4 Å². The Morgan fingerprint density at radius 2 is 2.57 bits per heavy atom. The van der Waals surface area contributed by atoms with Crippen LogP contribution in [0.2, 0.25) is 0 Å². The number of aliphatic imine (C=N–C) groups is 1. The Labute approximate surface area is 88.6 Å². The summed E-state index contributed by atoms with van der Waals surface area (Å²) in [6.07, 6.45) is 1.73. The van der Waals surface area contributed by atoms with E-state index in [0.29, 0.717) is 12.5 Å². The maximum Gasteiger partial charge on any atom is 0.191 e.